The molecule has 3 nitrogen and oxygen atoms in total. The summed E-state index contributed by atoms with van der Waals surface area (Å²) >= 11 is 9.08. The van der Waals surface area contributed by atoms with E-state index in [-0.39, 0.29) is 6.10 Å². The molecule has 21 heavy (non-hydrogen) atoms. The van der Waals surface area contributed by atoms with Crippen LogP contribution >= 0.6 is 28.1 Å². The van der Waals surface area contributed by atoms with Gasteiger partial charge in [-0.05, 0) is 66.3 Å². The Labute approximate surface area is 136 Å². The third kappa shape index (κ3) is 2.63. The molecule has 3 aromatic rings. The lowest BCUT2D eigenvalue weighted by atomic mass is 10.2. The van der Waals surface area contributed by atoms with Crippen LogP contribution in [0.2, 0.25) is 0 Å². The third-order valence-electron chi connectivity index (χ3n) is 3.14. The molecular formula is C16H15BrN2OS. The molecule has 0 atom stereocenters. The quantitative estimate of drug-likeness (QED) is 0.645. The third-order valence-corrected chi connectivity index (χ3v) is 4.09. The van der Waals surface area contributed by atoms with Gasteiger partial charge >= 0.3 is 0 Å². The highest BCUT2D eigenvalue weighted by Gasteiger charge is 2.13. The highest BCUT2D eigenvalue weighted by Crippen LogP contribution is 2.30. The summed E-state index contributed by atoms with van der Waals surface area (Å²) in [7, 11) is 0. The second kappa shape index (κ2) is 5.66. The van der Waals surface area contributed by atoms with Gasteiger partial charge in [0, 0.05) is 4.47 Å². The van der Waals surface area contributed by atoms with E-state index in [1.54, 1.807) is 0 Å². The molecule has 5 heteroatoms. The summed E-state index contributed by atoms with van der Waals surface area (Å²) in [6, 6.07) is 14.0. The Bertz CT molecular complexity index is 851. The van der Waals surface area contributed by atoms with Gasteiger partial charge in [-0.3, -0.25) is 4.57 Å². The van der Waals surface area contributed by atoms with E-state index in [9.17, 15) is 0 Å². The van der Waals surface area contributed by atoms with Gasteiger partial charge in [0.1, 0.15) is 11.3 Å². The second-order valence-corrected chi connectivity index (χ2v) is 6.27. The van der Waals surface area contributed by atoms with Crippen LogP contribution < -0.4 is 4.74 Å². The van der Waals surface area contributed by atoms with E-state index >= 15 is 0 Å². The molecule has 3 rings (SSSR count). The zero-order valence-electron chi connectivity index (χ0n) is 11.8. The molecule has 108 valence electrons. The number of nitrogens with one attached hydrogen (secondary N) is 1. The van der Waals surface area contributed by atoms with E-state index in [0.717, 1.165) is 26.9 Å². The van der Waals surface area contributed by atoms with Crippen LogP contribution in [0.1, 0.15) is 13.8 Å². The van der Waals surface area contributed by atoms with E-state index in [1.807, 2.05) is 60.9 Å². The largest absolute Gasteiger partial charge is 0.489 e. The monoisotopic (exact) mass is 362 g/mol. The molecule has 0 fully saturated rings. The summed E-state index contributed by atoms with van der Waals surface area (Å²) in [6.07, 6.45) is 0.115. The minimum absolute atomic E-state index is 0.115. The Morgan fingerprint density at radius 1 is 1.14 bits per heavy atom. The summed E-state index contributed by atoms with van der Waals surface area (Å²) in [6.45, 7) is 4.02. The van der Waals surface area contributed by atoms with Gasteiger partial charge in [0.05, 0.1) is 17.3 Å². The minimum atomic E-state index is 0.115. The summed E-state index contributed by atoms with van der Waals surface area (Å²) in [5, 5.41) is 0. The Hall–Kier alpha value is -1.59. The number of fused-ring (bicyclic) bond motifs is 1. The Kier molecular flexibility index (Phi) is 3.87. The van der Waals surface area contributed by atoms with Crippen molar-refractivity contribution in [2.75, 3.05) is 0 Å². The second-order valence-electron chi connectivity index (χ2n) is 5.03. The van der Waals surface area contributed by atoms with Gasteiger partial charge in [-0.15, -0.1) is 0 Å². The number of imidazole rings is 1. The van der Waals surface area contributed by atoms with Crippen molar-refractivity contribution in [1.29, 1.82) is 0 Å². The van der Waals surface area contributed by atoms with Crippen LogP contribution in [0.5, 0.6) is 5.75 Å². The SMILES string of the molecule is CC(C)Oc1cccc2c1[nH]c(=S)n2-c1ccccc1Br. The van der Waals surface area contributed by atoms with Crippen molar-refractivity contribution in [2.24, 2.45) is 0 Å². The molecule has 2 aromatic carbocycles. The van der Waals surface area contributed by atoms with E-state index < -0.39 is 0 Å². The topological polar surface area (TPSA) is 29.9 Å². The van der Waals surface area contributed by atoms with Crippen molar-refractivity contribution in [1.82, 2.24) is 9.55 Å². The number of rotatable bonds is 3. The van der Waals surface area contributed by atoms with Gasteiger partial charge < -0.3 is 9.72 Å². The summed E-state index contributed by atoms with van der Waals surface area (Å²) < 4.78 is 9.52. The van der Waals surface area contributed by atoms with Crippen LogP contribution in [0, 0.1) is 4.77 Å². The van der Waals surface area contributed by atoms with Gasteiger partial charge in [-0.25, -0.2) is 0 Å². The Morgan fingerprint density at radius 3 is 2.62 bits per heavy atom. The molecule has 0 spiro atoms. The number of para-hydroxylation sites is 2. The molecular weight excluding hydrogens is 348 g/mol. The van der Waals surface area contributed by atoms with Gasteiger partial charge in [-0.1, -0.05) is 18.2 Å². The Morgan fingerprint density at radius 2 is 1.90 bits per heavy atom. The van der Waals surface area contributed by atoms with Crippen LogP contribution in [0.4, 0.5) is 0 Å². The first-order valence-electron chi connectivity index (χ1n) is 6.73. The average Bonchev–Trinajstić information content (AvgIpc) is 2.76. The molecule has 1 aromatic heterocycles. The normalized spacial score (nSPS) is 11.2. The number of halogens is 1. The first kappa shape index (κ1) is 14.4. The molecule has 0 unspecified atom stereocenters. The predicted molar refractivity (Wildman–Crippen MR) is 91.9 cm³/mol. The van der Waals surface area contributed by atoms with Crippen molar-refractivity contribution in [2.45, 2.75) is 20.0 Å². The van der Waals surface area contributed by atoms with E-state index in [4.69, 9.17) is 17.0 Å². The fourth-order valence-electron chi connectivity index (χ4n) is 2.33. The maximum absolute atomic E-state index is 5.86. The van der Waals surface area contributed by atoms with Gasteiger partial charge in [0.15, 0.2) is 4.77 Å². The van der Waals surface area contributed by atoms with Crippen molar-refractivity contribution in [3.63, 3.8) is 0 Å². The minimum Gasteiger partial charge on any atom is -0.489 e. The fourth-order valence-corrected chi connectivity index (χ4v) is 3.09. The maximum Gasteiger partial charge on any atom is 0.182 e. The highest BCUT2D eigenvalue weighted by molar-refractivity contribution is 9.10. The van der Waals surface area contributed by atoms with Crippen molar-refractivity contribution in [3.8, 4) is 11.4 Å². The van der Waals surface area contributed by atoms with Crippen molar-refractivity contribution >= 4 is 39.2 Å². The van der Waals surface area contributed by atoms with Crippen molar-refractivity contribution < 1.29 is 4.74 Å². The average molecular weight is 363 g/mol. The van der Waals surface area contributed by atoms with E-state index in [0.29, 0.717) is 4.77 Å². The molecule has 0 aliphatic carbocycles. The Balaban J connectivity index is 2.28. The van der Waals surface area contributed by atoms with Gasteiger partial charge in [-0.2, -0.15) is 0 Å². The number of benzene rings is 2. The van der Waals surface area contributed by atoms with Crippen LogP contribution in [0.15, 0.2) is 46.9 Å². The van der Waals surface area contributed by atoms with Gasteiger partial charge in [0.2, 0.25) is 0 Å². The molecule has 0 radical (unpaired) electrons. The van der Waals surface area contributed by atoms with E-state index in [1.165, 1.54) is 0 Å². The number of ether oxygens (including phenoxy) is 1. The zero-order valence-corrected chi connectivity index (χ0v) is 14.2. The lowest BCUT2D eigenvalue weighted by Crippen LogP contribution is -2.05. The lowest BCUT2D eigenvalue weighted by Gasteiger charge is -2.11. The van der Waals surface area contributed by atoms with Crippen molar-refractivity contribution in [3.05, 3.63) is 51.7 Å². The number of hydrogen-bond acceptors (Lipinski definition) is 2. The summed E-state index contributed by atoms with van der Waals surface area (Å²) in [4.78, 5) is 3.26. The number of H-pyrrole nitrogens is 1. The molecule has 0 aliphatic heterocycles. The zero-order chi connectivity index (χ0) is 15.0. The lowest BCUT2D eigenvalue weighted by molar-refractivity contribution is 0.245. The molecule has 1 heterocycles. The first-order valence-corrected chi connectivity index (χ1v) is 7.93. The molecule has 1 N–H and O–H groups in total. The summed E-state index contributed by atoms with van der Waals surface area (Å²) in [5.74, 6) is 0.819. The smallest absolute Gasteiger partial charge is 0.182 e. The molecule has 0 saturated heterocycles. The molecule has 0 aliphatic rings. The van der Waals surface area contributed by atoms with Crippen LogP contribution in [-0.2, 0) is 0 Å². The predicted octanol–water partition coefficient (Wildman–Crippen LogP) is 5.24. The number of hydrogen-bond donors (Lipinski definition) is 1. The fraction of sp³-hybridized carbons (Fsp3) is 0.188. The molecule has 0 amide bonds. The molecule has 0 saturated carbocycles. The highest BCUT2D eigenvalue weighted by atomic mass is 79.9. The van der Waals surface area contributed by atoms with Gasteiger partial charge in [0.25, 0.3) is 0 Å². The van der Waals surface area contributed by atoms with Crippen LogP contribution in [0.3, 0.4) is 0 Å². The maximum atomic E-state index is 5.86. The number of nitrogens with zero attached hydrogens (tertiary/aromatic N) is 1. The number of aromatic nitrogens is 2. The first-order chi connectivity index (χ1) is 10.1. The summed E-state index contributed by atoms with van der Waals surface area (Å²) in [5.41, 5.74) is 2.94. The number of aromatic amines is 1. The standard InChI is InChI=1S/C16H15BrN2OS/c1-10(2)20-14-9-5-8-13-15(14)18-16(21)19(13)12-7-4-3-6-11(12)17/h3-10H,1-2H3,(H,18,21). The van der Waals surface area contributed by atoms with E-state index in [2.05, 4.69) is 20.9 Å². The molecule has 0 bridgehead atoms. The van der Waals surface area contributed by atoms with Crippen LogP contribution in [0.25, 0.3) is 16.7 Å². The van der Waals surface area contributed by atoms with Crippen LogP contribution in [-0.4, -0.2) is 15.7 Å².